The summed E-state index contributed by atoms with van der Waals surface area (Å²) in [6.45, 7) is 0.308. The van der Waals surface area contributed by atoms with Crippen molar-refractivity contribution in [3.05, 3.63) is 22.6 Å². The van der Waals surface area contributed by atoms with E-state index in [1.807, 2.05) is 0 Å². The highest BCUT2D eigenvalue weighted by molar-refractivity contribution is 6.29. The molecule has 1 aromatic rings. The van der Waals surface area contributed by atoms with E-state index in [-0.39, 0.29) is 6.42 Å². The molecule has 2 rings (SSSR count). The average molecular weight is 244 g/mol. The monoisotopic (exact) mass is 243 g/mol. The first-order valence-electron chi connectivity index (χ1n) is 5.28. The molecule has 1 unspecified atom stereocenters. The lowest BCUT2D eigenvalue weighted by molar-refractivity contribution is -0.138. The van der Waals surface area contributed by atoms with Crippen LogP contribution >= 0.6 is 11.6 Å². The molecule has 5 heteroatoms. The van der Waals surface area contributed by atoms with Crippen molar-refractivity contribution in [1.82, 2.24) is 0 Å². The summed E-state index contributed by atoms with van der Waals surface area (Å²) in [5.74, 6) is -0.0430. The normalized spacial score (nSPS) is 24.1. The van der Waals surface area contributed by atoms with E-state index in [0.29, 0.717) is 11.8 Å². The predicted octanol–water partition coefficient (Wildman–Crippen LogP) is 1.94. The molecule has 0 bridgehead atoms. The first kappa shape index (κ1) is 11.5. The zero-order chi connectivity index (χ0) is 11.8. The van der Waals surface area contributed by atoms with Crippen LogP contribution in [0.1, 0.15) is 30.6 Å². The SMILES string of the molecule is NCC1(CC(=O)O)CCCc2oc(Cl)cc21. The zero-order valence-electron chi connectivity index (χ0n) is 8.83. The van der Waals surface area contributed by atoms with Gasteiger partial charge in [0.25, 0.3) is 0 Å². The molecule has 88 valence electrons. The van der Waals surface area contributed by atoms with E-state index >= 15 is 0 Å². The van der Waals surface area contributed by atoms with E-state index < -0.39 is 11.4 Å². The molecule has 0 aliphatic heterocycles. The smallest absolute Gasteiger partial charge is 0.304 e. The van der Waals surface area contributed by atoms with Crippen molar-refractivity contribution >= 4 is 17.6 Å². The number of aliphatic carboxylic acids is 1. The Morgan fingerprint density at radius 2 is 2.44 bits per heavy atom. The number of furan rings is 1. The summed E-state index contributed by atoms with van der Waals surface area (Å²) < 4.78 is 5.36. The van der Waals surface area contributed by atoms with Crippen molar-refractivity contribution in [2.75, 3.05) is 6.54 Å². The molecule has 0 fully saturated rings. The van der Waals surface area contributed by atoms with Gasteiger partial charge < -0.3 is 15.3 Å². The molecule has 16 heavy (non-hydrogen) atoms. The first-order valence-corrected chi connectivity index (χ1v) is 5.66. The molecule has 3 N–H and O–H groups in total. The fourth-order valence-corrected chi connectivity index (χ4v) is 2.71. The molecule has 0 aromatic carbocycles. The molecular weight excluding hydrogens is 230 g/mol. The van der Waals surface area contributed by atoms with Crippen molar-refractivity contribution < 1.29 is 14.3 Å². The number of aryl methyl sites for hydroxylation is 1. The van der Waals surface area contributed by atoms with Gasteiger partial charge in [0.1, 0.15) is 5.76 Å². The summed E-state index contributed by atoms with van der Waals surface area (Å²) in [6.07, 6.45) is 2.51. The third-order valence-corrected chi connectivity index (χ3v) is 3.48. The quantitative estimate of drug-likeness (QED) is 0.851. The van der Waals surface area contributed by atoms with Gasteiger partial charge in [-0.25, -0.2) is 0 Å². The van der Waals surface area contributed by atoms with Crippen molar-refractivity contribution in [2.24, 2.45) is 5.73 Å². The van der Waals surface area contributed by atoms with Crippen molar-refractivity contribution in [3.63, 3.8) is 0 Å². The maximum atomic E-state index is 10.9. The Labute approximate surface area is 98.4 Å². The minimum atomic E-state index is -0.837. The van der Waals surface area contributed by atoms with Crippen LogP contribution in [-0.4, -0.2) is 17.6 Å². The maximum absolute atomic E-state index is 10.9. The van der Waals surface area contributed by atoms with Gasteiger partial charge in [-0.05, 0) is 30.5 Å². The minimum absolute atomic E-state index is 0.0341. The summed E-state index contributed by atoms with van der Waals surface area (Å²) in [7, 11) is 0. The summed E-state index contributed by atoms with van der Waals surface area (Å²) in [5, 5.41) is 9.29. The number of rotatable bonds is 3. The predicted molar refractivity (Wildman–Crippen MR) is 59.6 cm³/mol. The number of fused-ring (bicyclic) bond motifs is 1. The molecule has 4 nitrogen and oxygen atoms in total. The van der Waals surface area contributed by atoms with E-state index in [4.69, 9.17) is 26.9 Å². The second-order valence-electron chi connectivity index (χ2n) is 4.30. The van der Waals surface area contributed by atoms with Crippen LogP contribution in [0.15, 0.2) is 10.5 Å². The summed E-state index contributed by atoms with van der Waals surface area (Å²) in [5.41, 5.74) is 6.14. The fraction of sp³-hybridized carbons (Fsp3) is 0.545. The summed E-state index contributed by atoms with van der Waals surface area (Å²) in [6, 6.07) is 1.71. The number of carboxylic acids is 1. The van der Waals surface area contributed by atoms with Crippen LogP contribution in [0.25, 0.3) is 0 Å². The lowest BCUT2D eigenvalue weighted by Crippen LogP contribution is -2.39. The highest BCUT2D eigenvalue weighted by atomic mass is 35.5. The lowest BCUT2D eigenvalue weighted by atomic mass is 9.70. The molecule has 1 aliphatic carbocycles. The van der Waals surface area contributed by atoms with Gasteiger partial charge in [-0.2, -0.15) is 0 Å². The van der Waals surface area contributed by atoms with E-state index in [9.17, 15) is 4.79 Å². The largest absolute Gasteiger partial charge is 0.481 e. The number of hydrogen-bond donors (Lipinski definition) is 2. The Morgan fingerprint density at radius 3 is 3.06 bits per heavy atom. The van der Waals surface area contributed by atoms with Gasteiger partial charge >= 0.3 is 5.97 Å². The van der Waals surface area contributed by atoms with Crippen LogP contribution in [0.2, 0.25) is 5.22 Å². The minimum Gasteiger partial charge on any atom is -0.481 e. The molecule has 1 aliphatic rings. The standard InChI is InChI=1S/C11H14ClNO3/c12-9-4-7-8(16-9)2-1-3-11(7,6-13)5-10(14)15/h4H,1-3,5-6,13H2,(H,14,15). The number of nitrogens with two attached hydrogens (primary N) is 1. The van der Waals surface area contributed by atoms with Crippen LogP contribution in [0, 0.1) is 0 Å². The Bertz CT molecular complexity index is 415. The second-order valence-corrected chi connectivity index (χ2v) is 4.67. The van der Waals surface area contributed by atoms with Gasteiger partial charge in [0.05, 0.1) is 6.42 Å². The molecule has 0 saturated carbocycles. The molecule has 0 saturated heterocycles. The van der Waals surface area contributed by atoms with Crippen molar-refractivity contribution in [1.29, 1.82) is 0 Å². The third kappa shape index (κ3) is 1.83. The number of carboxylic acid groups (broad SMARTS) is 1. The molecular formula is C11H14ClNO3. The molecule has 1 aromatic heterocycles. The van der Waals surface area contributed by atoms with E-state index in [0.717, 1.165) is 30.6 Å². The van der Waals surface area contributed by atoms with Gasteiger partial charge in [0.15, 0.2) is 5.22 Å². The molecule has 0 radical (unpaired) electrons. The van der Waals surface area contributed by atoms with Gasteiger partial charge in [0.2, 0.25) is 0 Å². The van der Waals surface area contributed by atoms with Gasteiger partial charge in [-0.15, -0.1) is 0 Å². The molecule has 1 atom stereocenters. The Balaban J connectivity index is 2.44. The zero-order valence-corrected chi connectivity index (χ0v) is 9.59. The van der Waals surface area contributed by atoms with Crippen LogP contribution in [-0.2, 0) is 16.6 Å². The molecule has 1 heterocycles. The number of carbonyl (C=O) groups is 1. The van der Waals surface area contributed by atoms with E-state index in [2.05, 4.69) is 0 Å². The van der Waals surface area contributed by atoms with Crippen molar-refractivity contribution in [2.45, 2.75) is 31.1 Å². The van der Waals surface area contributed by atoms with Gasteiger partial charge in [-0.1, -0.05) is 0 Å². The van der Waals surface area contributed by atoms with E-state index in [1.165, 1.54) is 0 Å². The molecule has 0 amide bonds. The summed E-state index contributed by atoms with van der Waals surface area (Å²) in [4.78, 5) is 10.9. The third-order valence-electron chi connectivity index (χ3n) is 3.29. The fourth-order valence-electron chi connectivity index (χ4n) is 2.51. The van der Waals surface area contributed by atoms with Crippen LogP contribution in [0.4, 0.5) is 0 Å². The van der Waals surface area contributed by atoms with Gasteiger partial charge in [0, 0.05) is 23.9 Å². The maximum Gasteiger partial charge on any atom is 0.304 e. The average Bonchev–Trinajstić information content (AvgIpc) is 2.59. The Morgan fingerprint density at radius 1 is 1.69 bits per heavy atom. The highest BCUT2D eigenvalue weighted by Crippen LogP contribution is 2.41. The highest BCUT2D eigenvalue weighted by Gasteiger charge is 2.39. The van der Waals surface area contributed by atoms with Crippen LogP contribution < -0.4 is 5.73 Å². The van der Waals surface area contributed by atoms with E-state index in [1.54, 1.807) is 6.07 Å². The van der Waals surface area contributed by atoms with Gasteiger partial charge in [-0.3, -0.25) is 4.79 Å². The lowest BCUT2D eigenvalue weighted by Gasteiger charge is -2.34. The number of hydrogen-bond acceptors (Lipinski definition) is 3. The van der Waals surface area contributed by atoms with Crippen molar-refractivity contribution in [3.8, 4) is 0 Å². The van der Waals surface area contributed by atoms with Crippen LogP contribution in [0.5, 0.6) is 0 Å². The Hall–Kier alpha value is -1.00. The summed E-state index contributed by atoms with van der Waals surface area (Å²) >= 11 is 5.82. The second kappa shape index (κ2) is 4.11. The topological polar surface area (TPSA) is 76.5 Å². The first-order chi connectivity index (χ1) is 7.57. The van der Waals surface area contributed by atoms with Crippen LogP contribution in [0.3, 0.4) is 0 Å². The number of halogens is 1. The molecule has 0 spiro atoms. The Kier molecular flexibility index (Phi) is 2.95.